The van der Waals surface area contributed by atoms with E-state index in [9.17, 15) is 4.79 Å². The minimum atomic E-state index is 0.202. The highest BCUT2D eigenvalue weighted by molar-refractivity contribution is 5.79. The maximum Gasteiger partial charge on any atom is 0.236 e. The first-order valence-electron chi connectivity index (χ1n) is 9.03. The van der Waals surface area contributed by atoms with Gasteiger partial charge in [0, 0.05) is 31.7 Å². The molecule has 1 aliphatic rings. The molecule has 0 atom stereocenters. The number of ether oxygens (including phenoxy) is 2. The van der Waals surface area contributed by atoms with Crippen molar-refractivity contribution in [3.8, 4) is 11.5 Å². The Morgan fingerprint density at radius 1 is 1.08 bits per heavy atom. The SMILES string of the molecule is CCN1CCN(Cc2ccccc2OCc2cccc(OC)c2)CC1=O. The molecule has 0 N–H and O–H groups in total. The molecule has 138 valence electrons. The van der Waals surface area contributed by atoms with Crippen LogP contribution in [0.1, 0.15) is 18.1 Å². The number of hydrogen-bond donors (Lipinski definition) is 0. The van der Waals surface area contributed by atoms with E-state index in [1.54, 1.807) is 7.11 Å². The fourth-order valence-corrected chi connectivity index (χ4v) is 3.17. The summed E-state index contributed by atoms with van der Waals surface area (Å²) in [5, 5.41) is 0. The molecular weight excluding hydrogens is 328 g/mol. The molecule has 0 radical (unpaired) electrons. The van der Waals surface area contributed by atoms with Crippen molar-refractivity contribution in [1.29, 1.82) is 0 Å². The number of para-hydroxylation sites is 1. The highest BCUT2D eigenvalue weighted by atomic mass is 16.5. The summed E-state index contributed by atoms with van der Waals surface area (Å²) >= 11 is 0. The molecule has 1 saturated heterocycles. The quantitative estimate of drug-likeness (QED) is 0.767. The van der Waals surface area contributed by atoms with Gasteiger partial charge in [-0.2, -0.15) is 0 Å². The molecule has 2 aromatic carbocycles. The standard InChI is InChI=1S/C21H26N2O3/c1-3-23-12-11-22(15-21(23)24)14-18-8-4-5-10-20(18)26-16-17-7-6-9-19(13-17)25-2/h4-10,13H,3,11-12,14-16H2,1-2H3. The number of likely N-dealkylation sites (N-methyl/N-ethyl adjacent to an activating group) is 1. The van der Waals surface area contributed by atoms with E-state index in [0.29, 0.717) is 13.2 Å². The van der Waals surface area contributed by atoms with Crippen LogP contribution in [-0.2, 0) is 17.9 Å². The van der Waals surface area contributed by atoms with E-state index < -0.39 is 0 Å². The lowest BCUT2D eigenvalue weighted by atomic mass is 10.1. The zero-order chi connectivity index (χ0) is 18.4. The first-order chi connectivity index (χ1) is 12.7. The van der Waals surface area contributed by atoms with Gasteiger partial charge in [0.25, 0.3) is 0 Å². The summed E-state index contributed by atoms with van der Waals surface area (Å²) in [6.07, 6.45) is 0. The van der Waals surface area contributed by atoms with Crippen molar-refractivity contribution in [2.75, 3.05) is 33.3 Å². The smallest absolute Gasteiger partial charge is 0.236 e. The molecule has 0 unspecified atom stereocenters. The Morgan fingerprint density at radius 2 is 1.92 bits per heavy atom. The number of nitrogens with zero attached hydrogens (tertiary/aromatic N) is 2. The minimum absolute atomic E-state index is 0.202. The van der Waals surface area contributed by atoms with Crippen LogP contribution in [0.15, 0.2) is 48.5 Å². The Morgan fingerprint density at radius 3 is 2.69 bits per heavy atom. The molecule has 1 fully saturated rings. The van der Waals surface area contributed by atoms with Gasteiger partial charge < -0.3 is 14.4 Å². The third-order valence-corrected chi connectivity index (χ3v) is 4.67. The largest absolute Gasteiger partial charge is 0.497 e. The number of carbonyl (C=O) groups is 1. The van der Waals surface area contributed by atoms with Gasteiger partial charge in [-0.15, -0.1) is 0 Å². The van der Waals surface area contributed by atoms with Crippen LogP contribution in [0.3, 0.4) is 0 Å². The van der Waals surface area contributed by atoms with Crippen LogP contribution in [0, 0.1) is 0 Å². The number of benzene rings is 2. The van der Waals surface area contributed by atoms with Gasteiger partial charge in [0.05, 0.1) is 13.7 Å². The van der Waals surface area contributed by atoms with Gasteiger partial charge in [-0.1, -0.05) is 30.3 Å². The second-order valence-electron chi connectivity index (χ2n) is 6.43. The molecule has 5 nitrogen and oxygen atoms in total. The normalized spacial score (nSPS) is 15.2. The van der Waals surface area contributed by atoms with E-state index in [1.165, 1.54) is 0 Å². The summed E-state index contributed by atoms with van der Waals surface area (Å²) in [7, 11) is 1.66. The first-order valence-corrected chi connectivity index (χ1v) is 9.03. The van der Waals surface area contributed by atoms with Crippen molar-refractivity contribution >= 4 is 5.91 Å². The average Bonchev–Trinajstić information content (AvgIpc) is 2.67. The molecule has 0 spiro atoms. The van der Waals surface area contributed by atoms with Gasteiger partial charge in [-0.05, 0) is 30.7 Å². The number of hydrogen-bond acceptors (Lipinski definition) is 4. The van der Waals surface area contributed by atoms with E-state index in [0.717, 1.165) is 48.8 Å². The molecule has 2 aromatic rings. The molecule has 5 heteroatoms. The molecule has 1 heterocycles. The molecule has 0 bridgehead atoms. The van der Waals surface area contributed by atoms with Gasteiger partial charge in [0.1, 0.15) is 18.1 Å². The molecule has 0 aliphatic carbocycles. The number of piperazine rings is 1. The third-order valence-electron chi connectivity index (χ3n) is 4.67. The van der Waals surface area contributed by atoms with Crippen molar-refractivity contribution in [2.24, 2.45) is 0 Å². The molecular formula is C21H26N2O3. The van der Waals surface area contributed by atoms with Crippen molar-refractivity contribution < 1.29 is 14.3 Å². The van der Waals surface area contributed by atoms with E-state index in [1.807, 2.05) is 54.3 Å². The van der Waals surface area contributed by atoms with Crippen LogP contribution >= 0.6 is 0 Å². The van der Waals surface area contributed by atoms with Gasteiger partial charge in [0.2, 0.25) is 5.91 Å². The van der Waals surface area contributed by atoms with Crippen LogP contribution < -0.4 is 9.47 Å². The van der Waals surface area contributed by atoms with Crippen LogP contribution in [0.4, 0.5) is 0 Å². The monoisotopic (exact) mass is 354 g/mol. The lowest BCUT2D eigenvalue weighted by Gasteiger charge is -2.33. The van der Waals surface area contributed by atoms with Crippen LogP contribution in [-0.4, -0.2) is 49.0 Å². The van der Waals surface area contributed by atoms with Crippen LogP contribution in [0.25, 0.3) is 0 Å². The Hall–Kier alpha value is -2.53. The first kappa shape index (κ1) is 18.3. The maximum absolute atomic E-state index is 12.1. The highest BCUT2D eigenvalue weighted by Gasteiger charge is 2.23. The second kappa shape index (κ2) is 8.72. The van der Waals surface area contributed by atoms with Gasteiger partial charge >= 0.3 is 0 Å². The van der Waals surface area contributed by atoms with Crippen molar-refractivity contribution in [3.05, 3.63) is 59.7 Å². The van der Waals surface area contributed by atoms with Gasteiger partial charge in [0.15, 0.2) is 0 Å². The Balaban J connectivity index is 1.64. The van der Waals surface area contributed by atoms with Crippen molar-refractivity contribution in [1.82, 2.24) is 9.80 Å². The summed E-state index contributed by atoms with van der Waals surface area (Å²) in [5.41, 5.74) is 2.17. The van der Waals surface area contributed by atoms with Crippen molar-refractivity contribution in [3.63, 3.8) is 0 Å². The zero-order valence-corrected chi connectivity index (χ0v) is 15.5. The Kier molecular flexibility index (Phi) is 6.12. The summed E-state index contributed by atoms with van der Waals surface area (Å²) in [6.45, 7) is 6.17. The number of amides is 1. The summed E-state index contributed by atoms with van der Waals surface area (Å²) in [5.74, 6) is 1.89. The number of carbonyl (C=O) groups excluding carboxylic acids is 1. The molecule has 0 saturated carbocycles. The van der Waals surface area contributed by atoms with E-state index in [4.69, 9.17) is 9.47 Å². The second-order valence-corrected chi connectivity index (χ2v) is 6.43. The molecule has 26 heavy (non-hydrogen) atoms. The summed E-state index contributed by atoms with van der Waals surface area (Å²) in [6, 6.07) is 15.9. The summed E-state index contributed by atoms with van der Waals surface area (Å²) < 4.78 is 11.3. The molecule has 3 rings (SSSR count). The van der Waals surface area contributed by atoms with Gasteiger partial charge in [-0.25, -0.2) is 0 Å². The van der Waals surface area contributed by atoms with E-state index in [2.05, 4.69) is 11.0 Å². The van der Waals surface area contributed by atoms with Crippen molar-refractivity contribution in [2.45, 2.75) is 20.1 Å². The zero-order valence-electron chi connectivity index (χ0n) is 15.5. The Bertz CT molecular complexity index is 748. The molecule has 1 amide bonds. The Labute approximate surface area is 155 Å². The predicted molar refractivity (Wildman–Crippen MR) is 101 cm³/mol. The average molecular weight is 354 g/mol. The topological polar surface area (TPSA) is 42.0 Å². The minimum Gasteiger partial charge on any atom is -0.497 e. The number of rotatable bonds is 7. The highest BCUT2D eigenvalue weighted by Crippen LogP contribution is 2.22. The van der Waals surface area contributed by atoms with Crippen LogP contribution in [0.2, 0.25) is 0 Å². The fraction of sp³-hybridized carbons (Fsp3) is 0.381. The maximum atomic E-state index is 12.1. The lowest BCUT2D eigenvalue weighted by Crippen LogP contribution is -2.49. The predicted octanol–water partition coefficient (Wildman–Crippen LogP) is 2.94. The lowest BCUT2D eigenvalue weighted by molar-refractivity contribution is -0.135. The molecule has 1 aliphatic heterocycles. The third kappa shape index (κ3) is 4.55. The number of methoxy groups -OCH3 is 1. The van der Waals surface area contributed by atoms with E-state index >= 15 is 0 Å². The van der Waals surface area contributed by atoms with E-state index in [-0.39, 0.29) is 5.91 Å². The van der Waals surface area contributed by atoms with Gasteiger partial charge in [-0.3, -0.25) is 9.69 Å². The summed E-state index contributed by atoms with van der Waals surface area (Å²) in [4.78, 5) is 16.2. The van der Waals surface area contributed by atoms with Crippen LogP contribution in [0.5, 0.6) is 11.5 Å². The molecule has 0 aromatic heterocycles. The fourth-order valence-electron chi connectivity index (χ4n) is 3.17.